The van der Waals surface area contributed by atoms with Crippen LogP contribution in [-0.2, 0) is 14.8 Å². The number of hydrogen-bond acceptors (Lipinski definition) is 6. The lowest BCUT2D eigenvalue weighted by molar-refractivity contribution is -0.113. The van der Waals surface area contributed by atoms with Crippen molar-refractivity contribution in [3.05, 3.63) is 42.5 Å². The lowest BCUT2D eigenvalue weighted by atomic mass is 10.3. The number of carbonyl (C=O) groups is 1. The van der Waals surface area contributed by atoms with E-state index in [4.69, 9.17) is 4.74 Å². The van der Waals surface area contributed by atoms with Crippen LogP contribution in [0.15, 0.2) is 52.3 Å². The molecule has 0 aliphatic rings. The summed E-state index contributed by atoms with van der Waals surface area (Å²) in [5.41, 5.74) is 0.0653. The van der Waals surface area contributed by atoms with E-state index in [1.165, 1.54) is 34.3 Å². The molecule has 0 saturated heterocycles. The molecule has 2 N–H and O–H groups in total. The van der Waals surface area contributed by atoms with Gasteiger partial charge in [-0.25, -0.2) is 8.42 Å². The van der Waals surface area contributed by atoms with E-state index >= 15 is 0 Å². The van der Waals surface area contributed by atoms with Crippen molar-refractivity contribution in [3.63, 3.8) is 0 Å². The van der Waals surface area contributed by atoms with E-state index < -0.39 is 10.0 Å². The van der Waals surface area contributed by atoms with Gasteiger partial charge in [0.1, 0.15) is 11.5 Å². The quantitative estimate of drug-likeness (QED) is 0.435. The average Bonchev–Trinajstić information content (AvgIpc) is 2.70. The Kier molecular flexibility index (Phi) is 8.36. The highest BCUT2D eigenvalue weighted by molar-refractivity contribution is 8.00. The summed E-state index contributed by atoms with van der Waals surface area (Å²) in [7, 11) is -3.69. The third kappa shape index (κ3) is 6.12. The summed E-state index contributed by atoms with van der Waals surface area (Å²) in [5.74, 6) is 0.331. The molecule has 0 aliphatic heterocycles. The van der Waals surface area contributed by atoms with Gasteiger partial charge < -0.3 is 15.2 Å². The van der Waals surface area contributed by atoms with Crippen molar-refractivity contribution in [2.45, 2.75) is 30.6 Å². The number of phenols is 1. The number of rotatable bonds is 10. The second-order valence-electron chi connectivity index (χ2n) is 6.01. The molecule has 0 bridgehead atoms. The molecule has 7 nitrogen and oxygen atoms in total. The number of amides is 1. The number of carbonyl (C=O) groups excluding carboxylic acids is 1. The van der Waals surface area contributed by atoms with E-state index in [-0.39, 0.29) is 28.0 Å². The van der Waals surface area contributed by atoms with Gasteiger partial charge in [-0.3, -0.25) is 4.79 Å². The lowest BCUT2D eigenvalue weighted by Crippen LogP contribution is -2.30. The fraction of sp³-hybridized carbons (Fsp3) is 0.350. The number of aromatic hydroxyl groups is 1. The van der Waals surface area contributed by atoms with Crippen LogP contribution in [0.1, 0.15) is 20.8 Å². The molecular weight excluding hydrogens is 412 g/mol. The highest BCUT2D eigenvalue weighted by Crippen LogP contribution is 2.28. The van der Waals surface area contributed by atoms with Crippen LogP contribution in [0.4, 0.5) is 5.69 Å². The van der Waals surface area contributed by atoms with Gasteiger partial charge in [-0.2, -0.15) is 4.31 Å². The van der Waals surface area contributed by atoms with Crippen molar-refractivity contribution < 1.29 is 23.1 Å². The van der Waals surface area contributed by atoms with Gasteiger partial charge in [0.15, 0.2) is 0 Å². The minimum atomic E-state index is -3.69. The Hall–Kier alpha value is -2.23. The van der Waals surface area contributed by atoms with Crippen molar-refractivity contribution in [2.24, 2.45) is 0 Å². The Balaban J connectivity index is 2.06. The first kappa shape index (κ1) is 23.1. The summed E-state index contributed by atoms with van der Waals surface area (Å²) in [4.78, 5) is 13.2. The normalized spacial score (nSPS) is 11.4. The molecule has 2 aromatic rings. The zero-order chi connectivity index (χ0) is 21.4. The molecule has 0 spiro atoms. The van der Waals surface area contributed by atoms with Gasteiger partial charge in [-0.05, 0) is 49.4 Å². The summed E-state index contributed by atoms with van der Waals surface area (Å²) in [6, 6.07) is 11.3. The Bertz CT molecular complexity index is 926. The Labute approximate surface area is 176 Å². The zero-order valence-corrected chi connectivity index (χ0v) is 18.3. The van der Waals surface area contributed by atoms with Gasteiger partial charge in [-0.15, -0.1) is 11.8 Å². The minimum absolute atomic E-state index is 0.0217. The summed E-state index contributed by atoms with van der Waals surface area (Å²) in [6.07, 6.45) is 0. The van der Waals surface area contributed by atoms with Crippen molar-refractivity contribution in [1.29, 1.82) is 0 Å². The van der Waals surface area contributed by atoms with E-state index in [0.717, 1.165) is 10.6 Å². The molecular formula is C20H26N2O5S2. The second-order valence-corrected chi connectivity index (χ2v) is 9.00. The van der Waals surface area contributed by atoms with Gasteiger partial charge in [0.05, 0.1) is 22.9 Å². The predicted molar refractivity (Wildman–Crippen MR) is 115 cm³/mol. The molecule has 0 radical (unpaired) electrons. The molecule has 1 amide bonds. The Morgan fingerprint density at radius 2 is 1.76 bits per heavy atom. The van der Waals surface area contributed by atoms with Gasteiger partial charge >= 0.3 is 0 Å². The maximum Gasteiger partial charge on any atom is 0.243 e. The minimum Gasteiger partial charge on any atom is -0.506 e. The van der Waals surface area contributed by atoms with Gasteiger partial charge in [0, 0.05) is 18.0 Å². The van der Waals surface area contributed by atoms with Gasteiger partial charge in [0.25, 0.3) is 0 Å². The van der Waals surface area contributed by atoms with Crippen LogP contribution >= 0.6 is 11.8 Å². The number of anilines is 1. The van der Waals surface area contributed by atoms with Crippen molar-refractivity contribution >= 4 is 33.4 Å². The summed E-state index contributed by atoms with van der Waals surface area (Å²) in [6.45, 7) is 6.66. The molecule has 0 fully saturated rings. The zero-order valence-electron chi connectivity index (χ0n) is 16.7. The highest BCUT2D eigenvalue weighted by atomic mass is 32.2. The predicted octanol–water partition coefficient (Wildman–Crippen LogP) is 3.55. The summed E-state index contributed by atoms with van der Waals surface area (Å²) in [5, 5.41) is 12.6. The molecule has 0 atom stereocenters. The molecule has 158 valence electrons. The largest absolute Gasteiger partial charge is 0.506 e. The molecule has 0 aliphatic carbocycles. The standard InChI is InChI=1S/C20H26N2O5S2/c1-4-22(5-2)29(25,26)17-11-12-19(23)18(13-17)21-20(24)14-28-16-9-7-15(8-10-16)27-6-3/h7-13,23H,4-6,14H2,1-3H3,(H,21,24). The topological polar surface area (TPSA) is 95.9 Å². The van der Waals surface area contributed by atoms with Crippen LogP contribution in [0.5, 0.6) is 11.5 Å². The number of phenolic OH excluding ortho intramolecular Hbond substituents is 1. The Morgan fingerprint density at radius 1 is 1.10 bits per heavy atom. The molecule has 2 rings (SSSR count). The van der Waals surface area contributed by atoms with E-state index in [2.05, 4.69) is 5.32 Å². The molecule has 0 unspecified atom stereocenters. The number of ether oxygens (including phenoxy) is 1. The number of hydrogen-bond donors (Lipinski definition) is 2. The van der Waals surface area contributed by atoms with Crippen molar-refractivity contribution in [2.75, 3.05) is 30.8 Å². The molecule has 0 aromatic heterocycles. The van der Waals surface area contributed by atoms with Crippen LogP contribution in [0, 0.1) is 0 Å². The molecule has 0 heterocycles. The van der Waals surface area contributed by atoms with E-state index in [0.29, 0.717) is 19.7 Å². The van der Waals surface area contributed by atoms with Gasteiger partial charge in [0.2, 0.25) is 15.9 Å². The lowest BCUT2D eigenvalue weighted by Gasteiger charge is -2.19. The van der Waals surface area contributed by atoms with Crippen molar-refractivity contribution in [3.8, 4) is 11.5 Å². The van der Waals surface area contributed by atoms with Crippen LogP contribution in [-0.4, -0.2) is 49.2 Å². The first-order valence-corrected chi connectivity index (χ1v) is 11.7. The number of sulfonamides is 1. The third-order valence-electron chi connectivity index (χ3n) is 4.09. The fourth-order valence-electron chi connectivity index (χ4n) is 2.62. The maximum atomic E-state index is 12.6. The van der Waals surface area contributed by atoms with Gasteiger partial charge in [-0.1, -0.05) is 13.8 Å². The number of thioether (sulfide) groups is 1. The van der Waals surface area contributed by atoms with Crippen LogP contribution in [0.25, 0.3) is 0 Å². The fourth-order valence-corrected chi connectivity index (χ4v) is 4.81. The SMILES string of the molecule is CCOc1ccc(SCC(=O)Nc2cc(S(=O)(=O)N(CC)CC)ccc2O)cc1. The molecule has 0 saturated carbocycles. The Morgan fingerprint density at radius 3 is 2.34 bits per heavy atom. The number of benzene rings is 2. The second kappa shape index (κ2) is 10.5. The van der Waals surface area contributed by atoms with E-state index in [1.54, 1.807) is 13.8 Å². The van der Waals surface area contributed by atoms with Crippen LogP contribution < -0.4 is 10.1 Å². The third-order valence-corrected chi connectivity index (χ3v) is 7.15. The molecule has 29 heavy (non-hydrogen) atoms. The number of nitrogens with zero attached hydrogens (tertiary/aromatic N) is 1. The van der Waals surface area contributed by atoms with Crippen LogP contribution in [0.3, 0.4) is 0 Å². The van der Waals surface area contributed by atoms with Crippen molar-refractivity contribution in [1.82, 2.24) is 4.31 Å². The van der Waals surface area contributed by atoms with Crippen LogP contribution in [0.2, 0.25) is 0 Å². The molecule has 9 heteroatoms. The van der Waals surface area contributed by atoms with E-state index in [1.807, 2.05) is 31.2 Å². The van der Waals surface area contributed by atoms with E-state index in [9.17, 15) is 18.3 Å². The molecule has 2 aromatic carbocycles. The summed E-state index contributed by atoms with van der Waals surface area (Å²) >= 11 is 1.33. The number of nitrogens with one attached hydrogen (secondary N) is 1. The maximum absolute atomic E-state index is 12.6. The monoisotopic (exact) mass is 438 g/mol. The summed E-state index contributed by atoms with van der Waals surface area (Å²) < 4.78 is 32.0. The highest BCUT2D eigenvalue weighted by Gasteiger charge is 2.23. The smallest absolute Gasteiger partial charge is 0.243 e. The average molecular weight is 439 g/mol. The first-order valence-electron chi connectivity index (χ1n) is 9.30. The first-order chi connectivity index (χ1) is 13.8.